The van der Waals surface area contributed by atoms with Crippen LogP contribution in [-0.2, 0) is 0 Å². The molecule has 5 nitrogen and oxygen atoms in total. The highest BCUT2D eigenvalue weighted by atomic mass is 32.2. The zero-order valence-electron chi connectivity index (χ0n) is 4.60. The van der Waals surface area contributed by atoms with E-state index in [9.17, 15) is 10.1 Å². The maximum atomic E-state index is 9.62. The molecule has 9 heavy (non-hydrogen) atoms. The highest BCUT2D eigenvalue weighted by Gasteiger charge is 1.97. The topological polar surface area (TPSA) is 81.5 Å². The van der Waals surface area contributed by atoms with E-state index < -0.39 is 4.33 Å². The van der Waals surface area contributed by atoms with Crippen LogP contribution in [0.4, 0.5) is 0 Å². The van der Waals surface area contributed by atoms with Crippen LogP contribution in [-0.4, -0.2) is 15.8 Å². The van der Waals surface area contributed by atoms with Crippen molar-refractivity contribution in [3.05, 3.63) is 10.1 Å². The van der Waals surface area contributed by atoms with Crippen molar-refractivity contribution < 1.29 is 4.33 Å². The summed E-state index contributed by atoms with van der Waals surface area (Å²) in [5, 5.41) is 9.82. The second kappa shape index (κ2) is 4.45. The average Bonchev–Trinajstić information content (AvgIpc) is 1.83. The molecule has 0 atom stereocenters. The first-order valence-corrected chi connectivity index (χ1v) is 3.81. The van der Waals surface area contributed by atoms with Crippen molar-refractivity contribution in [1.29, 1.82) is 0 Å². The quantitative estimate of drug-likeness (QED) is 0.213. The van der Waals surface area contributed by atoms with Gasteiger partial charge >= 0.3 is 12.1 Å². The van der Waals surface area contributed by atoms with Gasteiger partial charge in [0.25, 0.3) is 0 Å². The number of nitro groups is 1. The van der Waals surface area contributed by atoms with Crippen LogP contribution in [0, 0.1) is 10.1 Å². The van der Waals surface area contributed by atoms with Crippen LogP contribution in [0.15, 0.2) is 4.40 Å². The van der Waals surface area contributed by atoms with Gasteiger partial charge in [-0.1, -0.05) is 11.8 Å². The van der Waals surface area contributed by atoms with E-state index in [-0.39, 0.29) is 17.3 Å². The van der Waals surface area contributed by atoms with Crippen molar-refractivity contribution >= 4 is 29.1 Å². The van der Waals surface area contributed by atoms with Crippen molar-refractivity contribution in [1.82, 2.24) is 0 Å². The zero-order chi connectivity index (χ0) is 7.28. The van der Waals surface area contributed by atoms with E-state index in [1.54, 1.807) is 6.26 Å². The summed E-state index contributed by atoms with van der Waals surface area (Å²) in [6.07, 6.45) is 1.69. The van der Waals surface area contributed by atoms with Crippen LogP contribution in [0.3, 0.4) is 0 Å². The first-order valence-electron chi connectivity index (χ1n) is 1.85. The molecule has 0 rings (SSSR count). The molecule has 0 radical (unpaired) electrons. The van der Waals surface area contributed by atoms with E-state index in [4.69, 9.17) is 5.73 Å². The number of amidine groups is 1. The van der Waals surface area contributed by atoms with Gasteiger partial charge < -0.3 is 5.73 Å². The lowest BCUT2D eigenvalue weighted by Gasteiger charge is -1.85. The fourth-order valence-electron chi connectivity index (χ4n) is 0.111. The van der Waals surface area contributed by atoms with Crippen LogP contribution < -0.4 is 5.73 Å². The summed E-state index contributed by atoms with van der Waals surface area (Å²) in [7, 11) is 0. The highest BCUT2D eigenvalue weighted by Crippen LogP contribution is 2.04. The number of rotatable bonds is 2. The maximum absolute atomic E-state index is 9.62. The molecule has 0 aromatic carbocycles. The molecule has 0 aliphatic rings. The molecule has 0 fully saturated rings. The Kier molecular flexibility index (Phi) is 4.24. The fraction of sp³-hybridized carbons (Fsp3) is 0.500. The van der Waals surface area contributed by atoms with Crippen molar-refractivity contribution in [2.45, 2.75) is 0 Å². The lowest BCUT2D eigenvalue weighted by molar-refractivity contribution is -0.284. The molecule has 0 bridgehead atoms. The number of hydrogen-bond donors (Lipinski definition) is 1. The average molecular weight is 167 g/mol. The van der Waals surface area contributed by atoms with Gasteiger partial charge in [0, 0.05) is 0 Å². The van der Waals surface area contributed by atoms with Crippen LogP contribution in [0.5, 0.6) is 0 Å². The minimum atomic E-state index is -0.622. The smallest absolute Gasteiger partial charge is 0.378 e. The summed E-state index contributed by atoms with van der Waals surface area (Å²) in [5.74, 6) is 0. The van der Waals surface area contributed by atoms with Gasteiger partial charge in [0.2, 0.25) is 0 Å². The Morgan fingerprint density at radius 3 is 2.78 bits per heavy atom. The minimum Gasteiger partial charge on any atom is -0.378 e. The summed E-state index contributed by atoms with van der Waals surface area (Å²) >= 11 is 1.40. The van der Waals surface area contributed by atoms with Crippen LogP contribution in [0.25, 0.3) is 0 Å². The molecule has 0 saturated carbocycles. The van der Waals surface area contributed by atoms with E-state index in [0.29, 0.717) is 0 Å². The Morgan fingerprint density at radius 1 is 1.89 bits per heavy atom. The number of nitrogens with two attached hydrogens (primary N) is 1. The van der Waals surface area contributed by atoms with Crippen molar-refractivity contribution in [3.8, 4) is 0 Å². The van der Waals surface area contributed by atoms with Gasteiger partial charge in [-0.2, -0.15) is 0 Å². The van der Waals surface area contributed by atoms with Gasteiger partial charge in [-0.25, -0.2) is 10.1 Å². The molecule has 7 heteroatoms. The van der Waals surface area contributed by atoms with Gasteiger partial charge in [0.1, 0.15) is 4.33 Å². The zero-order valence-corrected chi connectivity index (χ0v) is 6.24. The Hall–Kier alpha value is -0.430. The fourth-order valence-corrected chi connectivity index (χ4v) is 0.656. The lowest BCUT2D eigenvalue weighted by atomic mass is 11.4. The largest absolute Gasteiger partial charge is 0.379 e. The molecule has 0 unspecified atom stereocenters. The summed E-state index contributed by atoms with van der Waals surface area (Å²) in [6, 6.07) is 0. The van der Waals surface area contributed by atoms with Crippen LogP contribution in [0.2, 0.25) is 0 Å². The minimum absolute atomic E-state index is 0.205. The van der Waals surface area contributed by atoms with E-state index in [0.717, 1.165) is 0 Å². The predicted molar refractivity (Wildman–Crippen MR) is 39.7 cm³/mol. The molecule has 2 N–H and O–H groups in total. The Bertz CT molecular complexity index is 136. The number of thioether (sulfide) groups is 1. The lowest BCUT2D eigenvalue weighted by Crippen LogP contribution is -2.04. The van der Waals surface area contributed by atoms with Crippen molar-refractivity contribution in [2.24, 2.45) is 10.1 Å². The standard InChI is InChI=1S/C2H5N3O2S2/c1-8-2(3)4-9-5(6)7/h1H3,(H2,3,4). The molecule has 0 aromatic rings. The summed E-state index contributed by atoms with van der Waals surface area (Å²) in [6.45, 7) is 0. The second-order valence-corrected chi connectivity index (χ2v) is 2.41. The molecule has 0 amide bonds. The third kappa shape index (κ3) is 5.44. The van der Waals surface area contributed by atoms with Gasteiger partial charge in [0.15, 0.2) is 5.17 Å². The number of nitrogens with zero attached hydrogens (tertiary/aromatic N) is 2. The third-order valence-electron chi connectivity index (χ3n) is 0.407. The summed E-state index contributed by atoms with van der Waals surface area (Å²) in [4.78, 5) is 9.62. The van der Waals surface area contributed by atoms with Crippen LogP contribution in [0.1, 0.15) is 0 Å². The van der Waals surface area contributed by atoms with E-state index >= 15 is 0 Å². The monoisotopic (exact) mass is 167 g/mol. The van der Waals surface area contributed by atoms with Crippen molar-refractivity contribution in [3.63, 3.8) is 0 Å². The molecular formula is C2H5N3O2S2. The maximum Gasteiger partial charge on any atom is 0.379 e. The summed E-state index contributed by atoms with van der Waals surface area (Å²) in [5.41, 5.74) is 5.11. The molecule has 0 aromatic heterocycles. The SMILES string of the molecule is CSC(N)=NS[N+](=O)[O-]. The Balaban J connectivity index is 3.56. The van der Waals surface area contributed by atoms with Crippen molar-refractivity contribution in [2.75, 3.05) is 6.26 Å². The van der Waals surface area contributed by atoms with Gasteiger partial charge in [-0.05, 0) is 6.26 Å². The third-order valence-corrected chi connectivity index (χ3v) is 1.44. The Labute approximate surface area is 60.5 Å². The summed E-state index contributed by atoms with van der Waals surface area (Å²) < 4.78 is 2.70. The van der Waals surface area contributed by atoms with Crippen LogP contribution >= 0.6 is 23.9 Å². The normalized spacial score (nSPS) is 11.4. The first-order chi connectivity index (χ1) is 4.16. The van der Waals surface area contributed by atoms with E-state index in [1.807, 2.05) is 0 Å². The first kappa shape index (κ1) is 8.57. The van der Waals surface area contributed by atoms with E-state index in [2.05, 4.69) is 4.40 Å². The van der Waals surface area contributed by atoms with Gasteiger partial charge in [0.05, 0.1) is 0 Å². The molecular weight excluding hydrogens is 162 g/mol. The molecule has 52 valence electrons. The predicted octanol–water partition coefficient (Wildman–Crippen LogP) is 0.504. The van der Waals surface area contributed by atoms with Gasteiger partial charge in [-0.3, -0.25) is 0 Å². The molecule has 0 spiro atoms. The Morgan fingerprint density at radius 2 is 2.44 bits per heavy atom. The molecule has 0 aliphatic carbocycles. The molecule has 0 aliphatic heterocycles. The number of hydrogen-bond acceptors (Lipinski definition) is 5. The van der Waals surface area contributed by atoms with E-state index in [1.165, 1.54) is 11.8 Å². The molecule has 0 heterocycles. The second-order valence-electron chi connectivity index (χ2n) is 0.939. The molecule has 0 saturated heterocycles. The highest BCUT2D eigenvalue weighted by molar-refractivity contribution is 8.13. The van der Waals surface area contributed by atoms with Gasteiger partial charge in [-0.15, -0.1) is 4.40 Å².